The summed E-state index contributed by atoms with van der Waals surface area (Å²) in [5, 5.41) is 17.1. The van der Waals surface area contributed by atoms with Gasteiger partial charge in [-0.2, -0.15) is 0 Å². The van der Waals surface area contributed by atoms with Crippen molar-refractivity contribution in [2.75, 3.05) is 0 Å². The Morgan fingerprint density at radius 2 is 1.78 bits per heavy atom. The van der Waals surface area contributed by atoms with Gasteiger partial charge in [-0.15, -0.1) is 0 Å². The topological polar surface area (TPSA) is 70.1 Å². The van der Waals surface area contributed by atoms with E-state index < -0.39 is 0 Å². The van der Waals surface area contributed by atoms with Gasteiger partial charge in [0, 0.05) is 11.1 Å². The Kier molecular flexibility index (Phi) is 3.44. The number of hydrogen-bond donors (Lipinski definition) is 3. The van der Waals surface area contributed by atoms with E-state index in [9.17, 15) is 5.11 Å². The van der Waals surface area contributed by atoms with Crippen molar-refractivity contribution >= 4 is 18.0 Å². The zero-order chi connectivity index (χ0) is 13.0. The second-order valence-corrected chi connectivity index (χ2v) is 3.93. The molecule has 0 aliphatic heterocycles. The van der Waals surface area contributed by atoms with E-state index in [1.54, 1.807) is 12.1 Å². The van der Waals surface area contributed by atoms with Crippen LogP contribution >= 0.6 is 0 Å². The van der Waals surface area contributed by atoms with Crippen LogP contribution < -0.4 is 5.73 Å². The van der Waals surface area contributed by atoms with Gasteiger partial charge in [0.25, 0.3) is 0 Å². The van der Waals surface area contributed by atoms with Crippen molar-refractivity contribution < 1.29 is 5.11 Å². The van der Waals surface area contributed by atoms with Crippen LogP contribution in [0.5, 0.6) is 5.75 Å². The molecule has 0 radical (unpaired) electrons. The minimum absolute atomic E-state index is 0.0520. The average molecular weight is 238 g/mol. The number of benzene rings is 2. The van der Waals surface area contributed by atoms with Gasteiger partial charge in [-0.05, 0) is 11.6 Å². The van der Waals surface area contributed by atoms with E-state index in [1.807, 2.05) is 42.5 Å². The first-order valence-corrected chi connectivity index (χ1v) is 5.57. The Labute approximate surface area is 106 Å². The summed E-state index contributed by atoms with van der Waals surface area (Å²) in [7, 11) is 0. The summed E-state index contributed by atoms with van der Waals surface area (Å²) in [6, 6.07) is 14.8. The minimum atomic E-state index is -0.0520. The molecule has 90 valence electrons. The molecule has 0 bridgehead atoms. The number of phenols is 1. The lowest BCUT2D eigenvalue weighted by Gasteiger charge is -2.02. The number of nitrogens with two attached hydrogens (primary N) is 1. The highest BCUT2D eigenvalue weighted by Gasteiger charge is 2.01. The second kappa shape index (κ2) is 5.19. The molecule has 3 nitrogen and oxygen atoms in total. The Bertz CT molecular complexity index is 589. The summed E-state index contributed by atoms with van der Waals surface area (Å²) >= 11 is 0. The third kappa shape index (κ3) is 2.77. The number of amidine groups is 1. The molecule has 0 heterocycles. The van der Waals surface area contributed by atoms with Gasteiger partial charge in [-0.1, -0.05) is 54.6 Å². The van der Waals surface area contributed by atoms with Crippen LogP contribution in [0.4, 0.5) is 0 Å². The SMILES string of the molecule is N=C(N)c1ccc(C=Cc2ccccc2)c(O)c1. The zero-order valence-corrected chi connectivity index (χ0v) is 9.80. The normalized spacial score (nSPS) is 10.7. The third-order valence-corrected chi connectivity index (χ3v) is 2.60. The zero-order valence-electron chi connectivity index (χ0n) is 9.80. The maximum Gasteiger partial charge on any atom is 0.123 e. The van der Waals surface area contributed by atoms with Gasteiger partial charge >= 0.3 is 0 Å². The van der Waals surface area contributed by atoms with Gasteiger partial charge < -0.3 is 10.8 Å². The summed E-state index contributed by atoms with van der Waals surface area (Å²) in [5.41, 5.74) is 7.63. The molecule has 0 atom stereocenters. The number of hydrogen-bond acceptors (Lipinski definition) is 2. The van der Waals surface area contributed by atoms with Crippen molar-refractivity contribution in [3.63, 3.8) is 0 Å². The molecule has 0 aliphatic rings. The van der Waals surface area contributed by atoms with Crippen LogP contribution in [-0.2, 0) is 0 Å². The van der Waals surface area contributed by atoms with Crippen LogP contribution in [0.25, 0.3) is 12.2 Å². The molecule has 2 aromatic rings. The van der Waals surface area contributed by atoms with Gasteiger partial charge in [-0.3, -0.25) is 5.41 Å². The fourth-order valence-corrected chi connectivity index (χ4v) is 1.60. The quantitative estimate of drug-likeness (QED) is 0.437. The summed E-state index contributed by atoms with van der Waals surface area (Å²) in [6.45, 7) is 0. The maximum absolute atomic E-state index is 9.81. The van der Waals surface area contributed by atoms with E-state index >= 15 is 0 Å². The molecule has 0 fully saturated rings. The van der Waals surface area contributed by atoms with E-state index in [-0.39, 0.29) is 11.6 Å². The summed E-state index contributed by atoms with van der Waals surface area (Å²) in [4.78, 5) is 0. The largest absolute Gasteiger partial charge is 0.507 e. The van der Waals surface area contributed by atoms with Crippen LogP contribution in [0.3, 0.4) is 0 Å². The average Bonchev–Trinajstić information content (AvgIpc) is 2.38. The van der Waals surface area contributed by atoms with E-state index in [1.165, 1.54) is 6.07 Å². The van der Waals surface area contributed by atoms with E-state index in [0.717, 1.165) is 5.56 Å². The van der Waals surface area contributed by atoms with Crippen LogP contribution in [0.1, 0.15) is 16.7 Å². The fraction of sp³-hybridized carbons (Fsp3) is 0. The molecule has 18 heavy (non-hydrogen) atoms. The van der Waals surface area contributed by atoms with Gasteiger partial charge in [-0.25, -0.2) is 0 Å². The standard InChI is InChI=1S/C15H14N2O/c16-15(17)13-9-8-12(14(18)10-13)7-6-11-4-2-1-3-5-11/h1-10,18H,(H3,16,17). The van der Waals surface area contributed by atoms with Gasteiger partial charge in [0.2, 0.25) is 0 Å². The highest BCUT2D eigenvalue weighted by atomic mass is 16.3. The van der Waals surface area contributed by atoms with E-state index in [4.69, 9.17) is 11.1 Å². The smallest absolute Gasteiger partial charge is 0.123 e. The molecule has 0 aliphatic carbocycles. The van der Waals surface area contributed by atoms with Crippen LogP contribution in [0, 0.1) is 5.41 Å². The molecule has 4 N–H and O–H groups in total. The molecule has 0 amide bonds. The molecule has 0 saturated heterocycles. The van der Waals surface area contributed by atoms with Crippen molar-refractivity contribution in [1.82, 2.24) is 0 Å². The number of rotatable bonds is 3. The van der Waals surface area contributed by atoms with Crippen LogP contribution in [0.15, 0.2) is 48.5 Å². The predicted octanol–water partition coefficient (Wildman–Crippen LogP) is 2.85. The van der Waals surface area contributed by atoms with Gasteiger partial charge in [0.05, 0.1) is 0 Å². The summed E-state index contributed by atoms with van der Waals surface area (Å²) < 4.78 is 0. The van der Waals surface area contributed by atoms with Crippen molar-refractivity contribution in [2.24, 2.45) is 5.73 Å². The highest BCUT2D eigenvalue weighted by Crippen LogP contribution is 2.21. The number of phenolic OH excluding ortho intramolecular Hbond substituents is 1. The molecular weight excluding hydrogens is 224 g/mol. The Morgan fingerprint density at radius 1 is 1.06 bits per heavy atom. The summed E-state index contributed by atoms with van der Waals surface area (Å²) in [5.74, 6) is 0.0683. The molecule has 3 heteroatoms. The summed E-state index contributed by atoms with van der Waals surface area (Å²) in [6.07, 6.45) is 3.75. The number of aromatic hydroxyl groups is 1. The van der Waals surface area contributed by atoms with Crippen molar-refractivity contribution in [2.45, 2.75) is 0 Å². The fourth-order valence-electron chi connectivity index (χ4n) is 1.60. The molecular formula is C15H14N2O. The van der Waals surface area contributed by atoms with Crippen molar-refractivity contribution in [1.29, 1.82) is 5.41 Å². The molecule has 0 spiro atoms. The lowest BCUT2D eigenvalue weighted by atomic mass is 10.1. The first-order chi connectivity index (χ1) is 8.66. The number of nitrogen functional groups attached to an aromatic ring is 1. The van der Waals surface area contributed by atoms with Crippen LogP contribution in [-0.4, -0.2) is 10.9 Å². The monoisotopic (exact) mass is 238 g/mol. The lowest BCUT2D eigenvalue weighted by Crippen LogP contribution is -2.10. The van der Waals surface area contributed by atoms with Crippen molar-refractivity contribution in [3.8, 4) is 5.75 Å². The highest BCUT2D eigenvalue weighted by molar-refractivity contribution is 5.95. The van der Waals surface area contributed by atoms with Crippen molar-refractivity contribution in [3.05, 3.63) is 65.2 Å². The van der Waals surface area contributed by atoms with Gasteiger partial charge in [0.1, 0.15) is 11.6 Å². The van der Waals surface area contributed by atoms with Crippen LogP contribution in [0.2, 0.25) is 0 Å². The molecule has 0 saturated carbocycles. The molecule has 0 unspecified atom stereocenters. The maximum atomic E-state index is 9.81. The Balaban J connectivity index is 2.25. The van der Waals surface area contributed by atoms with E-state index in [0.29, 0.717) is 11.1 Å². The third-order valence-electron chi connectivity index (χ3n) is 2.60. The molecule has 2 rings (SSSR count). The van der Waals surface area contributed by atoms with E-state index in [2.05, 4.69) is 0 Å². The first kappa shape index (κ1) is 11.9. The molecule has 0 aromatic heterocycles. The second-order valence-electron chi connectivity index (χ2n) is 3.93. The first-order valence-electron chi connectivity index (χ1n) is 5.57. The van der Waals surface area contributed by atoms with Gasteiger partial charge in [0.15, 0.2) is 0 Å². The Hall–Kier alpha value is -2.55. The number of nitrogens with one attached hydrogen (secondary N) is 1. The minimum Gasteiger partial charge on any atom is -0.507 e. The predicted molar refractivity (Wildman–Crippen MR) is 74.5 cm³/mol. The lowest BCUT2D eigenvalue weighted by molar-refractivity contribution is 0.474. The molecule has 2 aromatic carbocycles. The Morgan fingerprint density at radius 3 is 2.39 bits per heavy atom.